The molecule has 0 unspecified atom stereocenters. The fourth-order valence-corrected chi connectivity index (χ4v) is 2.67. The minimum atomic E-state index is 0.287. The number of hydrogen-bond donors (Lipinski definition) is 0. The van der Waals surface area contributed by atoms with Gasteiger partial charge in [-0.05, 0) is 30.3 Å². The Labute approximate surface area is 113 Å². The molecule has 0 aromatic carbocycles. The Morgan fingerprint density at radius 2 is 2.11 bits per heavy atom. The highest BCUT2D eigenvalue weighted by molar-refractivity contribution is 4.84. The van der Waals surface area contributed by atoms with Crippen molar-refractivity contribution in [2.24, 2.45) is 0 Å². The van der Waals surface area contributed by atoms with Crippen molar-refractivity contribution in [2.75, 3.05) is 39.8 Å². The van der Waals surface area contributed by atoms with E-state index in [2.05, 4.69) is 32.4 Å². The van der Waals surface area contributed by atoms with E-state index in [1.54, 1.807) is 0 Å². The SMILES string of the molecule is CN1CCN(Cc2nnnn2C[C@H]2CCCO2)CC1. The van der Waals surface area contributed by atoms with E-state index in [0.29, 0.717) is 0 Å². The quantitative estimate of drug-likeness (QED) is 0.739. The van der Waals surface area contributed by atoms with Crippen LogP contribution in [-0.4, -0.2) is 75.9 Å². The lowest BCUT2D eigenvalue weighted by Crippen LogP contribution is -2.44. The minimum absolute atomic E-state index is 0.287. The number of hydrogen-bond acceptors (Lipinski definition) is 6. The van der Waals surface area contributed by atoms with Gasteiger partial charge < -0.3 is 9.64 Å². The zero-order valence-electron chi connectivity index (χ0n) is 11.5. The topological polar surface area (TPSA) is 59.3 Å². The van der Waals surface area contributed by atoms with Gasteiger partial charge in [-0.25, -0.2) is 4.68 Å². The first-order valence-corrected chi connectivity index (χ1v) is 7.09. The van der Waals surface area contributed by atoms with Gasteiger partial charge in [0, 0.05) is 32.8 Å². The van der Waals surface area contributed by atoms with Gasteiger partial charge in [0.25, 0.3) is 0 Å². The van der Waals surface area contributed by atoms with Crippen molar-refractivity contribution in [3.63, 3.8) is 0 Å². The van der Waals surface area contributed by atoms with Gasteiger partial charge >= 0.3 is 0 Å². The number of likely N-dealkylation sites (N-methyl/N-ethyl adjacent to an activating group) is 1. The fraction of sp³-hybridized carbons (Fsp3) is 0.917. The molecule has 2 aliphatic rings. The summed E-state index contributed by atoms with van der Waals surface area (Å²) >= 11 is 0. The van der Waals surface area contributed by atoms with Crippen LogP contribution in [0.15, 0.2) is 0 Å². The molecule has 1 aromatic rings. The van der Waals surface area contributed by atoms with Crippen LogP contribution < -0.4 is 0 Å². The van der Waals surface area contributed by atoms with Crippen molar-refractivity contribution in [1.82, 2.24) is 30.0 Å². The fourth-order valence-electron chi connectivity index (χ4n) is 2.67. The summed E-state index contributed by atoms with van der Waals surface area (Å²) in [5, 5.41) is 12.1. The number of nitrogens with zero attached hydrogens (tertiary/aromatic N) is 6. The summed E-state index contributed by atoms with van der Waals surface area (Å²) in [5.74, 6) is 0.958. The molecule has 2 saturated heterocycles. The second-order valence-electron chi connectivity index (χ2n) is 5.49. The van der Waals surface area contributed by atoms with Crippen molar-refractivity contribution < 1.29 is 4.74 Å². The highest BCUT2D eigenvalue weighted by atomic mass is 16.5. The summed E-state index contributed by atoms with van der Waals surface area (Å²) in [6.07, 6.45) is 2.56. The highest BCUT2D eigenvalue weighted by Gasteiger charge is 2.21. The van der Waals surface area contributed by atoms with Gasteiger partial charge in [-0.3, -0.25) is 4.90 Å². The van der Waals surface area contributed by atoms with Crippen molar-refractivity contribution in [3.8, 4) is 0 Å². The van der Waals surface area contributed by atoms with Crippen LogP contribution in [0, 0.1) is 0 Å². The van der Waals surface area contributed by atoms with Crippen LogP contribution in [0.4, 0.5) is 0 Å². The lowest BCUT2D eigenvalue weighted by atomic mass is 10.2. The van der Waals surface area contributed by atoms with Crippen LogP contribution in [0.5, 0.6) is 0 Å². The molecule has 3 heterocycles. The van der Waals surface area contributed by atoms with E-state index >= 15 is 0 Å². The van der Waals surface area contributed by atoms with Crippen molar-refractivity contribution >= 4 is 0 Å². The van der Waals surface area contributed by atoms with Gasteiger partial charge in [0.2, 0.25) is 0 Å². The van der Waals surface area contributed by atoms with Gasteiger partial charge in [-0.2, -0.15) is 0 Å². The van der Waals surface area contributed by atoms with E-state index < -0.39 is 0 Å². The van der Waals surface area contributed by atoms with Crippen LogP contribution in [0.25, 0.3) is 0 Å². The molecule has 0 bridgehead atoms. The first-order valence-electron chi connectivity index (χ1n) is 7.09. The summed E-state index contributed by atoms with van der Waals surface area (Å²) < 4.78 is 7.56. The summed E-state index contributed by atoms with van der Waals surface area (Å²) in [6, 6.07) is 0. The molecule has 0 N–H and O–H groups in total. The van der Waals surface area contributed by atoms with Crippen molar-refractivity contribution in [2.45, 2.75) is 32.0 Å². The summed E-state index contributed by atoms with van der Waals surface area (Å²) in [4.78, 5) is 4.77. The lowest BCUT2D eigenvalue weighted by Gasteiger charge is -2.31. The van der Waals surface area contributed by atoms with E-state index in [9.17, 15) is 0 Å². The molecular formula is C12H22N6O. The van der Waals surface area contributed by atoms with Crippen LogP contribution in [-0.2, 0) is 17.8 Å². The number of rotatable bonds is 4. The normalized spacial score (nSPS) is 26.1. The molecule has 19 heavy (non-hydrogen) atoms. The summed E-state index contributed by atoms with van der Waals surface area (Å²) in [5.41, 5.74) is 0. The second kappa shape index (κ2) is 5.94. The predicted molar refractivity (Wildman–Crippen MR) is 69.6 cm³/mol. The maximum atomic E-state index is 5.65. The average molecular weight is 266 g/mol. The van der Waals surface area contributed by atoms with Crippen LogP contribution in [0.3, 0.4) is 0 Å². The Kier molecular flexibility index (Phi) is 4.05. The standard InChI is InChI=1S/C12H22N6O/c1-16-4-6-17(7-5-16)10-12-13-14-15-18(12)9-11-3-2-8-19-11/h11H,2-10H2,1H3/t11-/m1/s1. The molecule has 1 atom stereocenters. The largest absolute Gasteiger partial charge is 0.376 e. The Hall–Kier alpha value is -1.05. The van der Waals surface area contributed by atoms with Crippen LogP contribution >= 0.6 is 0 Å². The highest BCUT2D eigenvalue weighted by Crippen LogP contribution is 2.14. The monoisotopic (exact) mass is 266 g/mol. The third kappa shape index (κ3) is 3.29. The molecule has 3 rings (SSSR count). The zero-order chi connectivity index (χ0) is 13.1. The molecular weight excluding hydrogens is 244 g/mol. The van der Waals surface area contributed by atoms with Gasteiger partial charge in [-0.1, -0.05) is 0 Å². The van der Waals surface area contributed by atoms with E-state index in [1.165, 1.54) is 0 Å². The smallest absolute Gasteiger partial charge is 0.165 e. The number of ether oxygens (including phenoxy) is 1. The predicted octanol–water partition coefficient (Wildman–Crippen LogP) is -0.400. The van der Waals surface area contributed by atoms with Gasteiger partial charge in [-0.15, -0.1) is 5.10 Å². The minimum Gasteiger partial charge on any atom is -0.376 e. The Balaban J connectivity index is 1.57. The Bertz CT molecular complexity index is 395. The molecule has 0 aliphatic carbocycles. The van der Waals surface area contributed by atoms with Crippen molar-refractivity contribution in [1.29, 1.82) is 0 Å². The third-order valence-electron chi connectivity index (χ3n) is 3.97. The second-order valence-corrected chi connectivity index (χ2v) is 5.49. The van der Waals surface area contributed by atoms with Gasteiger partial charge in [0.15, 0.2) is 5.82 Å². The number of aromatic nitrogens is 4. The molecule has 0 radical (unpaired) electrons. The van der Waals surface area contributed by atoms with Gasteiger partial charge in [0.1, 0.15) is 0 Å². The van der Waals surface area contributed by atoms with Gasteiger partial charge in [0.05, 0.1) is 19.2 Å². The maximum absolute atomic E-state index is 5.65. The Morgan fingerprint density at radius 1 is 1.26 bits per heavy atom. The zero-order valence-corrected chi connectivity index (χ0v) is 11.5. The molecule has 0 amide bonds. The Morgan fingerprint density at radius 3 is 2.84 bits per heavy atom. The summed E-state index contributed by atoms with van der Waals surface area (Å²) in [7, 11) is 2.17. The van der Waals surface area contributed by atoms with E-state index in [4.69, 9.17) is 4.74 Å². The molecule has 1 aromatic heterocycles. The molecule has 0 saturated carbocycles. The maximum Gasteiger partial charge on any atom is 0.165 e. The summed E-state index contributed by atoms with van der Waals surface area (Å²) in [6.45, 7) is 6.91. The lowest BCUT2D eigenvalue weighted by molar-refractivity contribution is 0.0904. The molecule has 7 nitrogen and oxygen atoms in total. The molecule has 7 heteroatoms. The molecule has 2 aliphatic heterocycles. The van der Waals surface area contributed by atoms with Crippen molar-refractivity contribution in [3.05, 3.63) is 5.82 Å². The molecule has 2 fully saturated rings. The molecule has 106 valence electrons. The molecule has 0 spiro atoms. The first kappa shape index (κ1) is 13.0. The van der Waals surface area contributed by atoms with E-state index in [0.717, 1.165) is 64.5 Å². The third-order valence-corrected chi connectivity index (χ3v) is 3.97. The average Bonchev–Trinajstić information content (AvgIpc) is 3.06. The van der Waals surface area contributed by atoms with E-state index in [-0.39, 0.29) is 6.10 Å². The van der Waals surface area contributed by atoms with Crippen LogP contribution in [0.1, 0.15) is 18.7 Å². The van der Waals surface area contributed by atoms with E-state index in [1.807, 2.05) is 4.68 Å². The first-order chi connectivity index (χ1) is 9.31. The van der Waals surface area contributed by atoms with Crippen LogP contribution in [0.2, 0.25) is 0 Å². The number of piperazine rings is 1. The number of tetrazole rings is 1.